The summed E-state index contributed by atoms with van der Waals surface area (Å²) in [4.78, 5) is 4.26. The molecule has 1 rings (SSSR count). The lowest BCUT2D eigenvalue weighted by atomic mass is 10.4. The van der Waals surface area contributed by atoms with E-state index in [0.29, 0.717) is 5.96 Å². The molecule has 1 heterocycles. The third kappa shape index (κ3) is 4.46. The van der Waals surface area contributed by atoms with Crippen molar-refractivity contribution < 1.29 is 0 Å². The van der Waals surface area contributed by atoms with Gasteiger partial charge in [0, 0.05) is 32.0 Å². The molecule has 15 heavy (non-hydrogen) atoms. The summed E-state index contributed by atoms with van der Waals surface area (Å²) in [5.41, 5.74) is 2.51. The molecule has 0 fully saturated rings. The number of nitrogens with two attached hydrogens (primary N) is 1. The van der Waals surface area contributed by atoms with Crippen LogP contribution in [-0.4, -0.2) is 28.8 Å². The largest absolute Gasteiger partial charge is 0.356 e. The fourth-order valence-electron chi connectivity index (χ4n) is 1.18. The number of rotatable bonds is 5. The summed E-state index contributed by atoms with van der Waals surface area (Å²) in [6.07, 6.45) is 4.66. The zero-order chi connectivity index (χ0) is 10.9. The van der Waals surface area contributed by atoms with E-state index in [1.165, 1.54) is 0 Å². The summed E-state index contributed by atoms with van der Waals surface area (Å²) in [5, 5.41) is 7.12. The molecular weight excluding hydrogens is 192 g/mol. The Bertz CT molecular complexity index is 279. The van der Waals surface area contributed by atoms with Crippen LogP contribution in [0.25, 0.3) is 0 Å². The lowest BCUT2D eigenvalue weighted by molar-refractivity contribution is 0.584. The highest BCUT2D eigenvalue weighted by Gasteiger charge is 1.93. The molecule has 84 valence electrons. The van der Waals surface area contributed by atoms with Gasteiger partial charge in [0.1, 0.15) is 0 Å². The minimum absolute atomic E-state index is 0.637. The van der Waals surface area contributed by atoms with E-state index < -0.39 is 0 Å². The van der Waals surface area contributed by atoms with Gasteiger partial charge in [-0.05, 0) is 19.4 Å². The number of guanidine groups is 1. The first-order valence-corrected chi connectivity index (χ1v) is 5.09. The van der Waals surface area contributed by atoms with Crippen LogP contribution >= 0.6 is 0 Å². The maximum atomic E-state index is 5.27. The van der Waals surface area contributed by atoms with Gasteiger partial charge in [-0.1, -0.05) is 0 Å². The van der Waals surface area contributed by atoms with Crippen molar-refractivity contribution in [2.75, 3.05) is 13.1 Å². The van der Waals surface area contributed by atoms with Crippen LogP contribution in [0.4, 0.5) is 0 Å². The SMILES string of the molecule is CCNC(=NCCCn1cccn1)NN. The number of nitrogens with one attached hydrogen (secondary N) is 2. The molecule has 4 N–H and O–H groups in total. The lowest BCUT2D eigenvalue weighted by Crippen LogP contribution is -2.41. The van der Waals surface area contributed by atoms with Crippen LogP contribution in [0, 0.1) is 0 Å². The van der Waals surface area contributed by atoms with E-state index in [9.17, 15) is 0 Å². The molecule has 6 nitrogen and oxygen atoms in total. The molecule has 0 saturated heterocycles. The molecule has 0 aliphatic heterocycles. The van der Waals surface area contributed by atoms with E-state index in [1.54, 1.807) is 6.20 Å². The van der Waals surface area contributed by atoms with Crippen LogP contribution in [0.3, 0.4) is 0 Å². The molecule has 0 bridgehead atoms. The first kappa shape index (κ1) is 11.5. The van der Waals surface area contributed by atoms with E-state index in [1.807, 2.05) is 23.9 Å². The van der Waals surface area contributed by atoms with Crippen molar-refractivity contribution in [3.05, 3.63) is 18.5 Å². The van der Waals surface area contributed by atoms with Crippen LogP contribution in [0.5, 0.6) is 0 Å². The number of aliphatic imine (C=N–C) groups is 1. The van der Waals surface area contributed by atoms with Gasteiger partial charge in [-0.25, -0.2) is 5.84 Å². The molecular formula is C9H18N6. The van der Waals surface area contributed by atoms with Crippen molar-refractivity contribution in [3.63, 3.8) is 0 Å². The zero-order valence-corrected chi connectivity index (χ0v) is 8.98. The van der Waals surface area contributed by atoms with Gasteiger partial charge in [0.05, 0.1) is 0 Å². The van der Waals surface area contributed by atoms with Crippen LogP contribution in [0.15, 0.2) is 23.5 Å². The third-order valence-electron chi connectivity index (χ3n) is 1.86. The minimum atomic E-state index is 0.637. The van der Waals surface area contributed by atoms with Crippen LogP contribution < -0.4 is 16.6 Å². The van der Waals surface area contributed by atoms with E-state index >= 15 is 0 Å². The highest BCUT2D eigenvalue weighted by molar-refractivity contribution is 5.78. The Kier molecular flexibility index (Phi) is 5.24. The molecule has 0 spiro atoms. The van der Waals surface area contributed by atoms with Crippen LogP contribution in [-0.2, 0) is 6.54 Å². The second-order valence-electron chi connectivity index (χ2n) is 3.03. The molecule has 1 aromatic rings. The van der Waals surface area contributed by atoms with Gasteiger partial charge in [-0.3, -0.25) is 15.1 Å². The summed E-state index contributed by atoms with van der Waals surface area (Å²) < 4.78 is 1.89. The van der Waals surface area contributed by atoms with Crippen molar-refractivity contribution >= 4 is 5.96 Å². The highest BCUT2D eigenvalue weighted by Crippen LogP contribution is 1.89. The van der Waals surface area contributed by atoms with Gasteiger partial charge in [-0.15, -0.1) is 0 Å². The maximum absolute atomic E-state index is 5.27. The smallest absolute Gasteiger partial charge is 0.205 e. The van der Waals surface area contributed by atoms with E-state index in [2.05, 4.69) is 20.8 Å². The van der Waals surface area contributed by atoms with Gasteiger partial charge in [-0.2, -0.15) is 5.10 Å². The number of nitrogens with zero attached hydrogens (tertiary/aromatic N) is 3. The number of hydrogen-bond donors (Lipinski definition) is 3. The molecule has 0 radical (unpaired) electrons. The summed E-state index contributed by atoms with van der Waals surface area (Å²) in [6.45, 7) is 4.41. The topological polar surface area (TPSA) is 80.3 Å². The number of aromatic nitrogens is 2. The van der Waals surface area contributed by atoms with Gasteiger partial charge >= 0.3 is 0 Å². The third-order valence-corrected chi connectivity index (χ3v) is 1.86. The Labute approximate surface area is 89.5 Å². The van der Waals surface area contributed by atoms with Crippen LogP contribution in [0.1, 0.15) is 13.3 Å². The minimum Gasteiger partial charge on any atom is -0.356 e. The Morgan fingerprint density at radius 2 is 2.47 bits per heavy atom. The average molecular weight is 210 g/mol. The predicted molar refractivity (Wildman–Crippen MR) is 60.1 cm³/mol. The molecule has 0 aliphatic carbocycles. The quantitative estimate of drug-likeness (QED) is 0.205. The van der Waals surface area contributed by atoms with Gasteiger partial charge < -0.3 is 5.32 Å². The average Bonchev–Trinajstić information content (AvgIpc) is 2.75. The normalized spacial score (nSPS) is 11.5. The predicted octanol–water partition coefficient (Wildman–Crippen LogP) is -0.298. The summed E-state index contributed by atoms with van der Waals surface area (Å²) in [7, 11) is 0. The van der Waals surface area contributed by atoms with Gasteiger partial charge in [0.15, 0.2) is 0 Å². The monoisotopic (exact) mass is 210 g/mol. The highest BCUT2D eigenvalue weighted by atomic mass is 15.3. The van der Waals surface area contributed by atoms with Gasteiger partial charge in [0.25, 0.3) is 0 Å². The molecule has 0 aromatic carbocycles. The molecule has 6 heteroatoms. The maximum Gasteiger partial charge on any atom is 0.205 e. The first-order valence-electron chi connectivity index (χ1n) is 5.09. The second-order valence-corrected chi connectivity index (χ2v) is 3.03. The molecule has 0 unspecified atom stereocenters. The van der Waals surface area contributed by atoms with E-state index in [-0.39, 0.29) is 0 Å². The Morgan fingerprint density at radius 3 is 3.07 bits per heavy atom. The first-order chi connectivity index (χ1) is 7.36. The van der Waals surface area contributed by atoms with Crippen LogP contribution in [0.2, 0.25) is 0 Å². The summed E-state index contributed by atoms with van der Waals surface area (Å²) in [6, 6.07) is 1.91. The fraction of sp³-hybridized carbons (Fsp3) is 0.556. The van der Waals surface area contributed by atoms with Crippen molar-refractivity contribution in [3.8, 4) is 0 Å². The number of hydrogen-bond acceptors (Lipinski definition) is 3. The molecule has 0 amide bonds. The zero-order valence-electron chi connectivity index (χ0n) is 8.98. The number of aryl methyl sites for hydroxylation is 1. The van der Waals surface area contributed by atoms with Crippen molar-refractivity contribution in [1.82, 2.24) is 20.5 Å². The summed E-state index contributed by atoms with van der Waals surface area (Å²) >= 11 is 0. The molecule has 0 atom stereocenters. The standard InChI is InChI=1S/C9H18N6/c1-2-11-9(14-10)12-5-3-7-15-8-4-6-13-15/h4,6,8H,2-3,5,7,10H2,1H3,(H2,11,12,14). The van der Waals surface area contributed by atoms with Crippen molar-refractivity contribution in [1.29, 1.82) is 0 Å². The van der Waals surface area contributed by atoms with E-state index in [0.717, 1.165) is 26.1 Å². The Hall–Kier alpha value is -1.56. The Morgan fingerprint density at radius 1 is 1.60 bits per heavy atom. The summed E-state index contributed by atoms with van der Waals surface area (Å²) in [5.74, 6) is 5.91. The lowest BCUT2D eigenvalue weighted by Gasteiger charge is -2.06. The van der Waals surface area contributed by atoms with Gasteiger partial charge in [0.2, 0.25) is 5.96 Å². The van der Waals surface area contributed by atoms with E-state index in [4.69, 9.17) is 5.84 Å². The number of hydrazine groups is 1. The molecule has 0 saturated carbocycles. The van der Waals surface area contributed by atoms with Crippen molar-refractivity contribution in [2.45, 2.75) is 19.9 Å². The van der Waals surface area contributed by atoms with Crippen molar-refractivity contribution in [2.24, 2.45) is 10.8 Å². The Balaban J connectivity index is 2.19. The second kappa shape index (κ2) is 6.83. The molecule has 0 aliphatic rings. The molecule has 1 aromatic heterocycles. The fourth-order valence-corrected chi connectivity index (χ4v) is 1.18.